The van der Waals surface area contributed by atoms with Gasteiger partial charge in [-0.3, -0.25) is 4.79 Å². The molecule has 0 bridgehead atoms. The fourth-order valence-electron chi connectivity index (χ4n) is 2.81. The molecule has 0 spiro atoms. The zero-order valence-corrected chi connectivity index (χ0v) is 19.0. The molecule has 1 N–H and O–H groups in total. The number of carbonyl (C=O) groups excluding carboxylic acids is 1. The van der Waals surface area contributed by atoms with E-state index in [0.29, 0.717) is 23.2 Å². The Kier molecular flexibility index (Phi) is 7.29. The van der Waals surface area contributed by atoms with Crippen LogP contribution in [0.15, 0.2) is 71.2 Å². The highest BCUT2D eigenvalue weighted by Gasteiger charge is 2.21. The zero-order chi connectivity index (χ0) is 22.4. The number of amides is 1. The van der Waals surface area contributed by atoms with Gasteiger partial charge in [0.05, 0.1) is 10.6 Å². The fraction of sp³-hybridized carbons (Fsp3) is 0.227. The van der Waals surface area contributed by atoms with Gasteiger partial charge in [0.15, 0.2) is 15.0 Å². The molecule has 0 aliphatic heterocycles. The molecule has 162 valence electrons. The lowest BCUT2D eigenvalue weighted by Gasteiger charge is -2.09. The summed E-state index contributed by atoms with van der Waals surface area (Å²) in [6.07, 6.45) is 1.64. The lowest BCUT2D eigenvalue weighted by molar-refractivity contribution is -0.113. The van der Waals surface area contributed by atoms with Crippen molar-refractivity contribution in [2.75, 3.05) is 11.1 Å². The van der Waals surface area contributed by atoms with E-state index in [1.54, 1.807) is 34.9 Å². The van der Waals surface area contributed by atoms with Crippen LogP contribution in [0.1, 0.15) is 17.0 Å². The number of hydrogen-bond donors (Lipinski definition) is 1. The molecule has 0 unspecified atom stereocenters. The Morgan fingerprint density at radius 2 is 1.68 bits per heavy atom. The maximum atomic E-state index is 12.8. The molecular formula is C22H24N4O3S2. The quantitative estimate of drug-likeness (QED) is 0.389. The molecule has 2 aromatic carbocycles. The van der Waals surface area contributed by atoms with Crippen molar-refractivity contribution in [1.29, 1.82) is 0 Å². The van der Waals surface area contributed by atoms with Crippen LogP contribution in [0.4, 0.5) is 5.69 Å². The Balaban J connectivity index is 1.71. The second-order valence-electron chi connectivity index (χ2n) is 7.07. The molecule has 3 aromatic rings. The molecule has 3 rings (SSSR count). The van der Waals surface area contributed by atoms with Crippen molar-refractivity contribution in [3.63, 3.8) is 0 Å². The van der Waals surface area contributed by atoms with Crippen molar-refractivity contribution in [3.05, 3.63) is 78.1 Å². The average molecular weight is 457 g/mol. The molecule has 0 saturated heterocycles. The Morgan fingerprint density at radius 1 is 1.06 bits per heavy atom. The van der Waals surface area contributed by atoms with E-state index in [4.69, 9.17) is 0 Å². The van der Waals surface area contributed by atoms with Crippen LogP contribution in [0.25, 0.3) is 0 Å². The summed E-state index contributed by atoms with van der Waals surface area (Å²) in [7, 11) is -3.58. The molecule has 0 saturated carbocycles. The summed E-state index contributed by atoms with van der Waals surface area (Å²) in [5.41, 5.74) is 2.81. The van der Waals surface area contributed by atoms with E-state index >= 15 is 0 Å². The summed E-state index contributed by atoms with van der Waals surface area (Å²) in [5.74, 6) is -0.0429. The summed E-state index contributed by atoms with van der Waals surface area (Å²) < 4.78 is 27.3. The SMILES string of the molecule is C=CCn1c(CS(=O)(=O)c2ccc(C)cc2)nnc1SCC(=O)Nc1ccc(C)cc1. The van der Waals surface area contributed by atoms with E-state index in [1.165, 1.54) is 11.8 Å². The summed E-state index contributed by atoms with van der Waals surface area (Å²) >= 11 is 1.20. The normalized spacial score (nSPS) is 11.3. The first-order valence-electron chi connectivity index (χ1n) is 9.60. The van der Waals surface area contributed by atoms with Crippen LogP contribution < -0.4 is 5.32 Å². The highest BCUT2D eigenvalue weighted by molar-refractivity contribution is 7.99. The molecule has 0 aliphatic rings. The van der Waals surface area contributed by atoms with Crippen molar-refractivity contribution in [1.82, 2.24) is 14.8 Å². The summed E-state index contributed by atoms with van der Waals surface area (Å²) in [6, 6.07) is 14.2. The molecule has 1 amide bonds. The highest BCUT2D eigenvalue weighted by Crippen LogP contribution is 2.22. The molecule has 1 heterocycles. The molecule has 1 aromatic heterocycles. The van der Waals surface area contributed by atoms with Crippen LogP contribution in [0.3, 0.4) is 0 Å². The van der Waals surface area contributed by atoms with Crippen LogP contribution in [-0.4, -0.2) is 34.8 Å². The van der Waals surface area contributed by atoms with Crippen molar-refractivity contribution in [3.8, 4) is 0 Å². The van der Waals surface area contributed by atoms with Gasteiger partial charge in [-0.2, -0.15) is 0 Å². The van der Waals surface area contributed by atoms with E-state index < -0.39 is 9.84 Å². The highest BCUT2D eigenvalue weighted by atomic mass is 32.2. The largest absolute Gasteiger partial charge is 0.325 e. The van der Waals surface area contributed by atoms with Crippen molar-refractivity contribution < 1.29 is 13.2 Å². The summed E-state index contributed by atoms with van der Waals surface area (Å²) in [5, 5.41) is 11.5. The van der Waals surface area contributed by atoms with E-state index in [-0.39, 0.29) is 22.3 Å². The van der Waals surface area contributed by atoms with Crippen molar-refractivity contribution in [2.45, 2.75) is 36.2 Å². The van der Waals surface area contributed by atoms with Crippen LogP contribution in [0.2, 0.25) is 0 Å². The van der Waals surface area contributed by atoms with Gasteiger partial charge >= 0.3 is 0 Å². The monoisotopic (exact) mass is 456 g/mol. The number of hydrogen-bond acceptors (Lipinski definition) is 6. The third-order valence-corrected chi connectivity index (χ3v) is 7.07. The molecule has 7 nitrogen and oxygen atoms in total. The maximum Gasteiger partial charge on any atom is 0.234 e. The number of sulfone groups is 1. The van der Waals surface area contributed by atoms with Crippen LogP contribution in [0.5, 0.6) is 0 Å². The number of thioether (sulfide) groups is 1. The maximum absolute atomic E-state index is 12.8. The number of aromatic nitrogens is 3. The van der Waals surface area contributed by atoms with Crippen molar-refractivity contribution in [2.24, 2.45) is 0 Å². The number of nitrogens with one attached hydrogen (secondary N) is 1. The fourth-order valence-corrected chi connectivity index (χ4v) is 4.85. The number of carbonyl (C=O) groups is 1. The number of allylic oxidation sites excluding steroid dienone is 1. The minimum Gasteiger partial charge on any atom is -0.325 e. The van der Waals surface area contributed by atoms with Gasteiger partial charge in [0.1, 0.15) is 11.6 Å². The first kappa shape index (κ1) is 22.8. The topological polar surface area (TPSA) is 93.9 Å². The molecular weight excluding hydrogens is 432 g/mol. The Bertz CT molecular complexity index is 1170. The molecule has 9 heteroatoms. The first-order valence-corrected chi connectivity index (χ1v) is 12.2. The summed E-state index contributed by atoms with van der Waals surface area (Å²) in [6.45, 7) is 7.94. The van der Waals surface area contributed by atoms with Gasteiger partial charge in [0, 0.05) is 12.2 Å². The number of aryl methyl sites for hydroxylation is 2. The lowest BCUT2D eigenvalue weighted by atomic mass is 10.2. The van der Waals surface area contributed by atoms with Gasteiger partial charge in [-0.1, -0.05) is 53.2 Å². The van der Waals surface area contributed by atoms with Gasteiger partial charge in [-0.05, 0) is 38.1 Å². The molecule has 0 fully saturated rings. The third kappa shape index (κ3) is 6.05. The Hall–Kier alpha value is -2.91. The molecule has 31 heavy (non-hydrogen) atoms. The van der Waals surface area contributed by atoms with Crippen molar-refractivity contribution >= 4 is 33.2 Å². The van der Waals surface area contributed by atoms with Gasteiger partial charge in [0.25, 0.3) is 0 Å². The zero-order valence-electron chi connectivity index (χ0n) is 17.4. The average Bonchev–Trinajstić information content (AvgIpc) is 3.09. The minimum absolute atomic E-state index is 0.119. The van der Waals surface area contributed by atoms with Gasteiger partial charge in [-0.15, -0.1) is 16.8 Å². The van der Waals surface area contributed by atoms with Crippen LogP contribution >= 0.6 is 11.8 Å². The lowest BCUT2D eigenvalue weighted by Crippen LogP contribution is -2.15. The predicted octanol–water partition coefficient (Wildman–Crippen LogP) is 3.79. The van der Waals surface area contributed by atoms with E-state index in [2.05, 4.69) is 22.1 Å². The third-order valence-electron chi connectivity index (χ3n) is 4.47. The van der Waals surface area contributed by atoms with Crippen LogP contribution in [0, 0.1) is 13.8 Å². The number of benzene rings is 2. The van der Waals surface area contributed by atoms with E-state index in [0.717, 1.165) is 11.1 Å². The summed E-state index contributed by atoms with van der Waals surface area (Å²) in [4.78, 5) is 12.5. The number of anilines is 1. The van der Waals surface area contributed by atoms with Gasteiger partial charge < -0.3 is 9.88 Å². The Labute approximate surface area is 186 Å². The second-order valence-corrected chi connectivity index (χ2v) is 10.0. The molecule has 0 atom stereocenters. The second kappa shape index (κ2) is 9.93. The van der Waals surface area contributed by atoms with Gasteiger partial charge in [0.2, 0.25) is 5.91 Å². The Morgan fingerprint density at radius 3 is 2.29 bits per heavy atom. The number of nitrogens with zero attached hydrogens (tertiary/aromatic N) is 3. The standard InChI is InChI=1S/C22H24N4O3S2/c1-4-13-26-20(15-31(28,29)19-11-7-17(3)8-12-19)24-25-22(26)30-14-21(27)23-18-9-5-16(2)6-10-18/h4-12H,1,13-15H2,2-3H3,(H,23,27). The minimum atomic E-state index is -3.58. The number of rotatable bonds is 9. The van der Waals surface area contributed by atoms with Crippen LogP contribution in [-0.2, 0) is 26.9 Å². The first-order chi connectivity index (χ1) is 14.8. The molecule has 0 radical (unpaired) electrons. The van der Waals surface area contributed by atoms with E-state index in [1.807, 2.05) is 38.1 Å². The van der Waals surface area contributed by atoms with E-state index in [9.17, 15) is 13.2 Å². The predicted molar refractivity (Wildman–Crippen MR) is 123 cm³/mol. The smallest absolute Gasteiger partial charge is 0.234 e. The molecule has 0 aliphatic carbocycles. The van der Waals surface area contributed by atoms with Gasteiger partial charge in [-0.25, -0.2) is 8.42 Å².